The zero-order valence-electron chi connectivity index (χ0n) is 14.5. The first kappa shape index (κ1) is 17.9. The molecule has 2 aromatic carbocycles. The van der Waals surface area contributed by atoms with Gasteiger partial charge in [0.05, 0.1) is 10.6 Å². The maximum atomic E-state index is 11.9. The molecule has 0 saturated carbocycles. The fourth-order valence-corrected chi connectivity index (χ4v) is 3.30. The Balaban J connectivity index is 1.55. The van der Waals surface area contributed by atoms with E-state index in [9.17, 15) is 9.59 Å². The lowest BCUT2D eigenvalue weighted by molar-refractivity contribution is -0.119. The summed E-state index contributed by atoms with van der Waals surface area (Å²) in [4.78, 5) is 27.8. The minimum Gasteiger partial charge on any atom is -0.484 e. The number of hydrogen-bond acceptors (Lipinski definition) is 7. The van der Waals surface area contributed by atoms with E-state index in [0.717, 1.165) is 17.3 Å². The standard InChI is InChI=1S/C19H15N3O5S/c20-17(23)9-25-13-4-1-11(2-5-13)7-16-18(22-19(24)28-16)21-12-3-6-14-15(8-12)27-10-26-14/h1-8H,9-10H2,(H2,20,23)(H,21,22,24)/b16-7-. The number of nitrogens with zero attached hydrogens (tertiary/aromatic N) is 1. The normalized spacial score (nSPS) is 17.8. The monoisotopic (exact) mass is 397 g/mol. The summed E-state index contributed by atoms with van der Waals surface area (Å²) in [5, 5.41) is 2.54. The molecule has 0 bridgehead atoms. The summed E-state index contributed by atoms with van der Waals surface area (Å²) >= 11 is 1.06. The van der Waals surface area contributed by atoms with Crippen LogP contribution in [0.15, 0.2) is 52.4 Å². The number of amides is 2. The Kier molecular flexibility index (Phi) is 4.90. The van der Waals surface area contributed by atoms with Gasteiger partial charge in [-0.3, -0.25) is 9.59 Å². The van der Waals surface area contributed by atoms with Crippen LogP contribution in [0, 0.1) is 0 Å². The van der Waals surface area contributed by atoms with E-state index in [1.54, 1.807) is 30.3 Å². The zero-order valence-corrected chi connectivity index (χ0v) is 15.3. The number of ether oxygens (including phenoxy) is 3. The minimum atomic E-state index is -0.539. The van der Waals surface area contributed by atoms with Gasteiger partial charge in [0.2, 0.25) is 6.79 Å². The Morgan fingerprint density at radius 1 is 1.21 bits per heavy atom. The van der Waals surface area contributed by atoms with E-state index in [1.807, 2.05) is 18.2 Å². The summed E-state index contributed by atoms with van der Waals surface area (Å²) in [6, 6.07) is 12.4. The highest BCUT2D eigenvalue weighted by Crippen LogP contribution is 2.36. The average Bonchev–Trinajstić information content (AvgIpc) is 3.27. The second-order valence-corrected chi connectivity index (χ2v) is 6.86. The van der Waals surface area contributed by atoms with E-state index in [4.69, 9.17) is 19.9 Å². The molecule has 2 aliphatic heterocycles. The lowest BCUT2D eigenvalue weighted by Crippen LogP contribution is -2.19. The minimum absolute atomic E-state index is 0.180. The molecule has 0 radical (unpaired) electrons. The van der Waals surface area contributed by atoms with E-state index >= 15 is 0 Å². The first-order chi connectivity index (χ1) is 13.6. The van der Waals surface area contributed by atoms with Gasteiger partial charge in [-0.1, -0.05) is 12.1 Å². The van der Waals surface area contributed by atoms with Crippen LogP contribution in [0.5, 0.6) is 17.2 Å². The number of hydrogen-bond donors (Lipinski definition) is 2. The quantitative estimate of drug-likeness (QED) is 0.802. The molecule has 8 nitrogen and oxygen atoms in total. The van der Waals surface area contributed by atoms with Crippen molar-refractivity contribution in [3.8, 4) is 17.2 Å². The second kappa shape index (κ2) is 7.65. The van der Waals surface area contributed by atoms with Crippen molar-refractivity contribution in [1.82, 2.24) is 5.32 Å². The summed E-state index contributed by atoms with van der Waals surface area (Å²) < 4.78 is 15.9. The number of benzene rings is 2. The Hall–Kier alpha value is -3.46. The third-order valence-corrected chi connectivity index (χ3v) is 4.63. The Bertz CT molecular complexity index is 1000. The average molecular weight is 397 g/mol. The van der Waals surface area contributed by atoms with Crippen molar-refractivity contribution in [2.75, 3.05) is 13.4 Å². The van der Waals surface area contributed by atoms with Crippen LogP contribution in [-0.4, -0.2) is 30.4 Å². The molecule has 9 heteroatoms. The molecule has 28 heavy (non-hydrogen) atoms. The van der Waals surface area contributed by atoms with Gasteiger partial charge in [0.15, 0.2) is 18.1 Å². The molecule has 0 unspecified atom stereocenters. The smallest absolute Gasteiger partial charge is 0.289 e. The van der Waals surface area contributed by atoms with Crippen LogP contribution in [0.2, 0.25) is 0 Å². The number of rotatable bonds is 5. The van der Waals surface area contributed by atoms with Crippen molar-refractivity contribution in [3.63, 3.8) is 0 Å². The highest BCUT2D eigenvalue weighted by atomic mass is 32.2. The Morgan fingerprint density at radius 2 is 2.00 bits per heavy atom. The fourth-order valence-electron chi connectivity index (χ4n) is 2.56. The van der Waals surface area contributed by atoms with Crippen LogP contribution >= 0.6 is 11.8 Å². The van der Waals surface area contributed by atoms with E-state index in [-0.39, 0.29) is 18.6 Å². The van der Waals surface area contributed by atoms with Gasteiger partial charge in [0.25, 0.3) is 11.1 Å². The SMILES string of the molecule is NC(=O)COc1ccc(/C=C2\SC(=O)NC2=Nc2ccc3c(c2)OCO3)cc1. The molecule has 2 heterocycles. The van der Waals surface area contributed by atoms with Crippen LogP contribution < -0.4 is 25.3 Å². The van der Waals surface area contributed by atoms with Crippen molar-refractivity contribution in [2.45, 2.75) is 0 Å². The number of nitrogens with two attached hydrogens (primary N) is 1. The maximum Gasteiger partial charge on any atom is 0.289 e. The van der Waals surface area contributed by atoms with Gasteiger partial charge in [-0.2, -0.15) is 0 Å². The van der Waals surface area contributed by atoms with Gasteiger partial charge < -0.3 is 25.3 Å². The van der Waals surface area contributed by atoms with Crippen molar-refractivity contribution in [3.05, 3.63) is 52.9 Å². The van der Waals surface area contributed by atoms with Crippen molar-refractivity contribution in [1.29, 1.82) is 0 Å². The van der Waals surface area contributed by atoms with Gasteiger partial charge in [-0.15, -0.1) is 0 Å². The maximum absolute atomic E-state index is 11.9. The van der Waals surface area contributed by atoms with Crippen LogP contribution in [0.25, 0.3) is 6.08 Å². The summed E-state index contributed by atoms with van der Waals surface area (Å²) in [6.45, 7) is 0.00724. The van der Waals surface area contributed by atoms with Gasteiger partial charge in [-0.05, 0) is 47.7 Å². The van der Waals surface area contributed by atoms with Gasteiger partial charge in [0, 0.05) is 6.07 Å². The van der Waals surface area contributed by atoms with Gasteiger partial charge in [0.1, 0.15) is 11.6 Å². The molecular formula is C19H15N3O5S. The number of aliphatic imine (C=N–C) groups is 1. The molecule has 2 aliphatic rings. The molecule has 3 N–H and O–H groups in total. The summed E-state index contributed by atoms with van der Waals surface area (Å²) in [5.41, 5.74) is 6.55. The number of carbonyl (C=O) groups excluding carboxylic acids is 2. The Labute approximate surface area is 164 Å². The predicted molar refractivity (Wildman–Crippen MR) is 105 cm³/mol. The largest absolute Gasteiger partial charge is 0.484 e. The third-order valence-electron chi connectivity index (χ3n) is 3.81. The number of fused-ring (bicyclic) bond motifs is 1. The molecule has 0 atom stereocenters. The van der Waals surface area contributed by atoms with E-state index < -0.39 is 5.91 Å². The Morgan fingerprint density at radius 3 is 2.79 bits per heavy atom. The van der Waals surface area contributed by atoms with E-state index in [2.05, 4.69) is 10.3 Å². The topological polar surface area (TPSA) is 112 Å². The van der Waals surface area contributed by atoms with Crippen LogP contribution in [0.1, 0.15) is 5.56 Å². The number of nitrogens with one attached hydrogen (secondary N) is 1. The molecular weight excluding hydrogens is 382 g/mol. The van der Waals surface area contributed by atoms with Crippen LogP contribution in [0.4, 0.5) is 10.5 Å². The zero-order chi connectivity index (χ0) is 19.5. The molecule has 2 aromatic rings. The third kappa shape index (κ3) is 4.09. The van der Waals surface area contributed by atoms with E-state index in [1.165, 1.54) is 0 Å². The highest BCUT2D eigenvalue weighted by Gasteiger charge is 2.24. The summed E-state index contributed by atoms with van der Waals surface area (Å²) in [5.74, 6) is 1.74. The number of thioether (sulfide) groups is 1. The molecule has 1 fully saturated rings. The lowest BCUT2D eigenvalue weighted by atomic mass is 10.2. The van der Waals surface area contributed by atoms with Crippen molar-refractivity contribution < 1.29 is 23.8 Å². The second-order valence-electron chi connectivity index (χ2n) is 5.85. The lowest BCUT2D eigenvalue weighted by Gasteiger charge is -2.04. The molecule has 4 rings (SSSR count). The fraction of sp³-hybridized carbons (Fsp3) is 0.105. The first-order valence-corrected chi connectivity index (χ1v) is 9.09. The van der Waals surface area contributed by atoms with Crippen LogP contribution in [-0.2, 0) is 4.79 Å². The first-order valence-electron chi connectivity index (χ1n) is 8.27. The molecule has 1 saturated heterocycles. The number of primary amides is 1. The summed E-state index contributed by atoms with van der Waals surface area (Å²) in [7, 11) is 0. The molecule has 0 spiro atoms. The number of amidine groups is 1. The predicted octanol–water partition coefficient (Wildman–Crippen LogP) is 2.81. The molecule has 0 aliphatic carbocycles. The highest BCUT2D eigenvalue weighted by molar-refractivity contribution is 8.18. The summed E-state index contributed by atoms with van der Waals surface area (Å²) in [6.07, 6.45) is 1.84. The number of carbonyl (C=O) groups is 2. The van der Waals surface area contributed by atoms with Crippen molar-refractivity contribution in [2.24, 2.45) is 10.7 Å². The molecule has 2 amide bonds. The van der Waals surface area contributed by atoms with Gasteiger partial charge in [-0.25, -0.2) is 4.99 Å². The van der Waals surface area contributed by atoms with Crippen LogP contribution in [0.3, 0.4) is 0 Å². The van der Waals surface area contributed by atoms with E-state index in [0.29, 0.717) is 33.7 Å². The van der Waals surface area contributed by atoms with Crippen molar-refractivity contribution >= 4 is 40.5 Å². The molecule has 0 aromatic heterocycles. The molecule has 142 valence electrons. The van der Waals surface area contributed by atoms with Gasteiger partial charge >= 0.3 is 0 Å².